The van der Waals surface area contributed by atoms with E-state index in [-0.39, 0.29) is 72.7 Å². The number of aromatic amines is 1. The molecule has 6 amide bonds. The summed E-state index contributed by atoms with van der Waals surface area (Å²) < 4.78 is 6.38. The van der Waals surface area contributed by atoms with E-state index in [4.69, 9.17) is 74.3 Å². The Bertz CT molecular complexity index is 4210. The number of nitrogens with one attached hydrogen (secondary N) is 6. The number of rotatable bonds is 9. The highest BCUT2D eigenvalue weighted by Gasteiger charge is 2.40. The largest absolute Gasteiger partial charge is 0.508 e. The van der Waals surface area contributed by atoms with Gasteiger partial charge in [-0.2, -0.15) is 0 Å². The minimum Gasteiger partial charge on any atom is -0.508 e. The number of ketones is 1. The zero-order chi connectivity index (χ0) is 64.0. The van der Waals surface area contributed by atoms with Crippen LogP contribution >= 0.6 is 69.6 Å². The molecule has 22 nitrogen and oxygen atoms in total. The van der Waals surface area contributed by atoms with Crippen molar-refractivity contribution in [2.24, 2.45) is 0 Å². The number of phenols is 5. The standard InChI is InChI=1S/C61H45Cl6N7O15/c1-74-44(56(82)73-49(61(87)88)25-4-7-32(75)8-5-25)12-24-2-9-33(10-3-24)89-45-22-27-14-35(51(45)77)26-6-11-42-34(13-26)31(23-68-42)21-43(69-59(85)50(76)30-19-40(66)54(80)41(67)20-30)55(81)70-47(28-15-36(62)52(78)37(63)16-28)57(83)71-46(27)58(84)72-48(60(74)86)29-17-38(64)53(79)39(65)18-29/h2-11,13-20,22-23,43-44,46-49,68,75,77-80H,12,21H2,1H3,(H,69,85)(H,70,81)(H,71,83)(H,72,84)(H,73,82)(H,87,88)/t43-,44+,46-,47-,48-,49-/m1/s1. The molecule has 1 aromatic heterocycles. The van der Waals surface area contributed by atoms with Gasteiger partial charge in [0.1, 0.15) is 41.7 Å². The van der Waals surface area contributed by atoms with Crippen molar-refractivity contribution in [3.05, 3.63) is 191 Å². The lowest BCUT2D eigenvalue weighted by Gasteiger charge is -2.33. The first kappa shape index (κ1) is 62.6. The summed E-state index contributed by atoms with van der Waals surface area (Å²) in [6.45, 7) is 0. The Labute approximate surface area is 532 Å². The van der Waals surface area contributed by atoms with E-state index in [0.29, 0.717) is 22.0 Å². The second-order valence-electron chi connectivity index (χ2n) is 20.6. The van der Waals surface area contributed by atoms with Gasteiger partial charge >= 0.3 is 5.97 Å². The molecule has 28 heteroatoms. The Morgan fingerprint density at radius 1 is 0.607 bits per heavy atom. The fourth-order valence-corrected chi connectivity index (χ4v) is 11.7. The summed E-state index contributed by atoms with van der Waals surface area (Å²) in [4.78, 5) is 121. The third-order valence-corrected chi connectivity index (χ3v) is 16.6. The predicted octanol–water partition coefficient (Wildman–Crippen LogP) is 9.20. The van der Waals surface area contributed by atoms with Gasteiger partial charge in [-0.25, -0.2) is 4.79 Å². The fraction of sp³-hybridized carbons (Fsp3) is 0.148. The number of aromatic hydroxyl groups is 5. The normalized spacial score (nSPS) is 18.2. The Kier molecular flexibility index (Phi) is 17.8. The van der Waals surface area contributed by atoms with E-state index in [1.807, 2.05) is 0 Å². The van der Waals surface area contributed by atoms with Crippen molar-refractivity contribution < 1.29 is 73.7 Å². The highest BCUT2D eigenvalue weighted by Crippen LogP contribution is 2.45. The number of carbonyl (C=O) groups is 8. The topological polar surface area (TPSA) is 346 Å². The number of hydrogen-bond donors (Lipinski definition) is 12. The number of benzene rings is 7. The Morgan fingerprint density at radius 3 is 1.71 bits per heavy atom. The number of aliphatic carboxylic acids is 1. The molecular formula is C61H45Cl6N7O15. The first-order valence-electron chi connectivity index (χ1n) is 26.4. The molecular weight excluding hydrogens is 1280 g/mol. The molecule has 89 heavy (non-hydrogen) atoms. The summed E-state index contributed by atoms with van der Waals surface area (Å²) in [5, 5.41) is 75.0. The number of H-pyrrole nitrogens is 1. The maximum Gasteiger partial charge on any atom is 0.330 e. The zero-order valence-electron chi connectivity index (χ0n) is 45.5. The van der Waals surface area contributed by atoms with Gasteiger partial charge in [0.2, 0.25) is 35.3 Å². The maximum absolute atomic E-state index is 15.8. The van der Waals surface area contributed by atoms with Gasteiger partial charge in [0.15, 0.2) is 34.8 Å². The molecule has 456 valence electrons. The van der Waals surface area contributed by atoms with Gasteiger partial charge in [-0.05, 0) is 124 Å². The SMILES string of the molecule is CN1C(=O)[C@@H](c2cc(Cl)c(O)c(Cl)c2)NC(=O)[C@@H]2NC(=O)[C@@H](c3cc(Cl)c(O)c(Cl)c3)NC(=O)[C@H](NC(=O)C(=O)c3cc(Cl)c(O)c(Cl)c3)Cc3c[nH]c4ccc(cc34)-c3cc2cc(c3O)Oc2ccc(cc2)C[C@H]1C(=O)N[C@@H](C(=O)O)c1ccc(O)cc1. The Hall–Kier alpha value is -9.42. The number of ether oxygens (including phenoxy) is 1. The van der Waals surface area contributed by atoms with Crippen molar-refractivity contribution in [1.29, 1.82) is 0 Å². The number of halogens is 6. The number of likely N-dealkylation sites (N-methyl/N-ethyl adjacent to an activating group) is 1. The average molecular weight is 1330 g/mol. The first-order chi connectivity index (χ1) is 42.2. The predicted molar refractivity (Wildman–Crippen MR) is 326 cm³/mol. The van der Waals surface area contributed by atoms with Crippen LogP contribution in [0.3, 0.4) is 0 Å². The van der Waals surface area contributed by atoms with Crippen LogP contribution in [0, 0.1) is 0 Å². The average Bonchev–Trinajstić information content (AvgIpc) is 1.88. The number of hydrogen-bond acceptors (Lipinski definition) is 14. The number of nitrogens with zero attached hydrogens (tertiary/aromatic N) is 1. The van der Waals surface area contributed by atoms with Crippen molar-refractivity contribution in [3.8, 4) is 51.4 Å². The van der Waals surface area contributed by atoms with Gasteiger partial charge < -0.3 is 71.8 Å². The van der Waals surface area contributed by atoms with Gasteiger partial charge in [0, 0.05) is 48.1 Å². The van der Waals surface area contributed by atoms with Crippen molar-refractivity contribution in [2.45, 2.75) is 49.1 Å². The van der Waals surface area contributed by atoms with Crippen LogP contribution in [0.5, 0.6) is 40.2 Å². The van der Waals surface area contributed by atoms with Crippen molar-refractivity contribution in [1.82, 2.24) is 36.5 Å². The third-order valence-electron chi connectivity index (χ3n) is 14.9. The minimum atomic E-state index is -2.07. The molecule has 0 fully saturated rings. The molecule has 0 saturated carbocycles. The second-order valence-corrected chi connectivity index (χ2v) is 23.1. The molecule has 7 bridgehead atoms. The van der Waals surface area contributed by atoms with Crippen LogP contribution in [0.4, 0.5) is 0 Å². The molecule has 0 aliphatic carbocycles. The molecule has 6 atom stereocenters. The summed E-state index contributed by atoms with van der Waals surface area (Å²) in [7, 11) is 1.19. The van der Waals surface area contributed by atoms with E-state index in [1.54, 1.807) is 18.2 Å². The van der Waals surface area contributed by atoms with Crippen molar-refractivity contribution >= 4 is 128 Å². The maximum atomic E-state index is 15.8. The highest BCUT2D eigenvalue weighted by atomic mass is 35.5. The lowest BCUT2D eigenvalue weighted by Crippen LogP contribution is -2.54. The molecule has 4 heterocycles. The second kappa shape index (κ2) is 25.4. The number of aromatic nitrogens is 1. The molecule has 3 aliphatic rings. The summed E-state index contributed by atoms with van der Waals surface area (Å²) in [6, 6.07) is 13.3. The summed E-state index contributed by atoms with van der Waals surface area (Å²) in [6.07, 6.45) is 0.758. The van der Waals surface area contributed by atoms with Crippen LogP contribution in [0.25, 0.3) is 22.0 Å². The highest BCUT2D eigenvalue weighted by molar-refractivity contribution is 6.45. The van der Waals surface area contributed by atoms with Crippen molar-refractivity contribution in [3.63, 3.8) is 0 Å². The Morgan fingerprint density at radius 2 is 1.13 bits per heavy atom. The van der Waals surface area contributed by atoms with Crippen LogP contribution < -0.4 is 31.3 Å². The minimum absolute atomic E-state index is 0.0268. The van der Waals surface area contributed by atoms with Gasteiger partial charge in [-0.3, -0.25) is 33.6 Å². The van der Waals surface area contributed by atoms with E-state index in [9.17, 15) is 49.8 Å². The molecule has 3 aliphatic heterocycles. The number of carbonyl (C=O) groups excluding carboxylic acids is 7. The molecule has 11 rings (SSSR count). The number of amides is 6. The quantitative estimate of drug-likeness (QED) is 0.0473. The van der Waals surface area contributed by atoms with E-state index in [1.165, 1.54) is 73.9 Å². The van der Waals surface area contributed by atoms with E-state index in [0.717, 1.165) is 41.3 Å². The smallest absolute Gasteiger partial charge is 0.330 e. The zero-order valence-corrected chi connectivity index (χ0v) is 50.0. The van der Waals surface area contributed by atoms with Crippen LogP contribution in [0.15, 0.2) is 121 Å². The number of carboxylic acid groups (broad SMARTS) is 1. The monoisotopic (exact) mass is 1330 g/mol. The molecule has 8 aromatic rings. The van der Waals surface area contributed by atoms with Gasteiger partial charge in [-0.15, -0.1) is 0 Å². The number of Topliss-reactive ketones (excluding diaryl/α,β-unsaturated/α-hetero) is 1. The van der Waals surface area contributed by atoms with Crippen LogP contribution in [0.2, 0.25) is 30.1 Å². The summed E-state index contributed by atoms with van der Waals surface area (Å²) in [5.41, 5.74) is 0.407. The van der Waals surface area contributed by atoms with Gasteiger partial charge in [-0.1, -0.05) is 99.9 Å². The molecule has 0 saturated heterocycles. The molecule has 7 aromatic carbocycles. The number of carboxylic acids is 1. The van der Waals surface area contributed by atoms with Crippen LogP contribution in [-0.2, 0) is 46.4 Å². The van der Waals surface area contributed by atoms with Crippen LogP contribution in [-0.4, -0.2) is 107 Å². The fourth-order valence-electron chi connectivity index (χ4n) is 10.2. The summed E-state index contributed by atoms with van der Waals surface area (Å²) in [5.74, 6) is -12.7. The lowest BCUT2D eigenvalue weighted by molar-refractivity contribution is -0.145. The summed E-state index contributed by atoms with van der Waals surface area (Å²) >= 11 is 38.0. The molecule has 0 radical (unpaired) electrons. The van der Waals surface area contributed by atoms with Crippen LogP contribution in [0.1, 0.15) is 67.9 Å². The number of phenolic OH excluding ortho intramolecular Hbond substituents is 5. The van der Waals surface area contributed by atoms with Crippen molar-refractivity contribution in [2.75, 3.05) is 7.05 Å². The first-order valence-corrected chi connectivity index (χ1v) is 28.6. The van der Waals surface area contributed by atoms with Gasteiger partial charge in [0.05, 0.1) is 30.1 Å². The number of fused-ring (bicyclic) bond motifs is 11. The third kappa shape index (κ3) is 13.0. The lowest BCUT2D eigenvalue weighted by atomic mass is 9.94. The molecule has 0 unspecified atom stereocenters. The Balaban J connectivity index is 1.16. The van der Waals surface area contributed by atoms with E-state index < -0.39 is 133 Å². The van der Waals surface area contributed by atoms with Gasteiger partial charge in [0.25, 0.3) is 5.91 Å². The molecule has 12 N–H and O–H groups in total. The van der Waals surface area contributed by atoms with E-state index >= 15 is 19.2 Å². The van der Waals surface area contributed by atoms with E-state index in [2.05, 4.69) is 31.6 Å². The molecule has 0 spiro atoms.